The molecule has 0 atom stereocenters. The van der Waals surface area contributed by atoms with Crippen molar-refractivity contribution in [1.29, 1.82) is 0 Å². The zero-order valence-electron chi connectivity index (χ0n) is 22.9. The number of aryl methyl sites for hydroxylation is 1. The summed E-state index contributed by atoms with van der Waals surface area (Å²) in [6.45, 7) is 10.9. The van der Waals surface area contributed by atoms with Gasteiger partial charge >= 0.3 is 5.97 Å². The van der Waals surface area contributed by atoms with Crippen molar-refractivity contribution < 1.29 is 14.3 Å². The largest absolute Gasteiger partial charge is 0.463 e. The second-order valence-electron chi connectivity index (χ2n) is 9.66. The molecule has 0 unspecified atom stereocenters. The van der Waals surface area contributed by atoms with E-state index in [2.05, 4.69) is 44.6 Å². The van der Waals surface area contributed by atoms with Crippen molar-refractivity contribution in [2.24, 2.45) is 0 Å². The highest BCUT2D eigenvalue weighted by Gasteiger charge is 2.19. The topological polar surface area (TPSA) is 108 Å². The van der Waals surface area contributed by atoms with Gasteiger partial charge in [0.05, 0.1) is 18.2 Å². The van der Waals surface area contributed by atoms with E-state index in [1.165, 1.54) is 6.08 Å². The van der Waals surface area contributed by atoms with Gasteiger partial charge in [0.1, 0.15) is 5.65 Å². The predicted octanol–water partition coefficient (Wildman–Crippen LogP) is 5.46. The zero-order chi connectivity index (χ0) is 27.9. The molecular formula is C31H35N5O3. The molecule has 202 valence electrons. The number of hydrogen-bond acceptors (Lipinski definition) is 6. The second kappa shape index (κ2) is 12.4. The molecule has 2 heterocycles. The number of nitrogens with zero attached hydrogens (tertiary/aromatic N) is 1. The molecule has 0 spiro atoms. The molecule has 8 nitrogen and oxygen atoms in total. The van der Waals surface area contributed by atoms with Crippen LogP contribution in [0.4, 0.5) is 11.4 Å². The lowest BCUT2D eigenvalue weighted by Gasteiger charge is -2.12. The molecule has 1 amide bonds. The van der Waals surface area contributed by atoms with Crippen LogP contribution in [0, 0.1) is 6.92 Å². The lowest BCUT2D eigenvalue weighted by Crippen LogP contribution is -2.17. The van der Waals surface area contributed by atoms with Crippen LogP contribution in [-0.2, 0) is 20.7 Å². The predicted molar refractivity (Wildman–Crippen MR) is 158 cm³/mol. The summed E-state index contributed by atoms with van der Waals surface area (Å²) < 4.78 is 5.35. The van der Waals surface area contributed by atoms with Crippen molar-refractivity contribution in [1.82, 2.24) is 15.3 Å². The number of esters is 1. The molecule has 0 aliphatic carbocycles. The minimum Gasteiger partial charge on any atom is -0.463 e. The average molecular weight is 526 g/mol. The first-order chi connectivity index (χ1) is 18.8. The first-order valence-electron chi connectivity index (χ1n) is 13.0. The molecule has 0 aliphatic heterocycles. The van der Waals surface area contributed by atoms with Crippen LogP contribution in [-0.4, -0.2) is 48.1 Å². The summed E-state index contributed by atoms with van der Waals surface area (Å²) in [6.07, 6.45) is 2.90. The van der Waals surface area contributed by atoms with Gasteiger partial charge in [-0.15, -0.1) is 0 Å². The smallest absolute Gasteiger partial charge is 0.310 e. The van der Waals surface area contributed by atoms with Crippen LogP contribution >= 0.6 is 0 Å². The SMILES string of the molecule is C=CC(=O)Nc1cc(-c2c(-c3ccc(NCCNC)cc3)[nH]c3ncc(CC(=O)OC(C)C)cc23)ccc1C. The number of H-pyrrole nitrogens is 1. The van der Waals surface area contributed by atoms with Crippen LogP contribution < -0.4 is 16.0 Å². The van der Waals surface area contributed by atoms with Crippen LogP contribution in [0.3, 0.4) is 0 Å². The number of rotatable bonds is 11. The summed E-state index contributed by atoms with van der Waals surface area (Å²) in [7, 11) is 1.92. The summed E-state index contributed by atoms with van der Waals surface area (Å²) in [5.41, 5.74) is 7.84. The number of amides is 1. The average Bonchev–Trinajstić information content (AvgIpc) is 3.28. The Hall–Kier alpha value is -4.43. The van der Waals surface area contributed by atoms with E-state index < -0.39 is 0 Å². The molecule has 2 aromatic heterocycles. The molecule has 4 N–H and O–H groups in total. The standard InChI is InChI=1S/C31H35N5O3/c1-6-27(37)35-26-17-23(8-7-20(26)4)29-25-15-21(16-28(38)39-19(2)3)18-34-31(25)36-30(29)22-9-11-24(12-10-22)33-14-13-32-5/h6-12,15,17-19,32-33H,1,13-14,16H2,2-5H3,(H,34,36)(H,35,37). The van der Waals surface area contributed by atoms with E-state index >= 15 is 0 Å². The molecule has 8 heteroatoms. The van der Waals surface area contributed by atoms with Gasteiger partial charge in [-0.3, -0.25) is 9.59 Å². The number of carbonyl (C=O) groups excluding carboxylic acids is 2. The molecule has 0 fully saturated rings. The number of fused-ring (bicyclic) bond motifs is 1. The number of likely N-dealkylation sites (N-methyl/N-ethyl adjacent to an activating group) is 1. The number of aromatic amines is 1. The van der Waals surface area contributed by atoms with Crippen LogP contribution in [0.1, 0.15) is 25.0 Å². The molecule has 0 radical (unpaired) electrons. The summed E-state index contributed by atoms with van der Waals surface area (Å²) in [5.74, 6) is -0.571. The van der Waals surface area contributed by atoms with E-state index in [1.54, 1.807) is 6.20 Å². The monoisotopic (exact) mass is 525 g/mol. The Morgan fingerprint density at radius 1 is 1.08 bits per heavy atom. The van der Waals surface area contributed by atoms with E-state index in [0.29, 0.717) is 11.3 Å². The van der Waals surface area contributed by atoms with Crippen LogP contribution in [0.15, 0.2) is 67.4 Å². The van der Waals surface area contributed by atoms with E-state index in [0.717, 1.165) is 57.7 Å². The fourth-order valence-corrected chi connectivity index (χ4v) is 4.38. The van der Waals surface area contributed by atoms with Crippen LogP contribution in [0.25, 0.3) is 33.4 Å². The first-order valence-corrected chi connectivity index (χ1v) is 13.0. The van der Waals surface area contributed by atoms with E-state index in [-0.39, 0.29) is 24.4 Å². The molecule has 4 aromatic rings. The molecule has 0 aliphatic rings. The molecule has 2 aromatic carbocycles. The third kappa shape index (κ3) is 6.72. The second-order valence-corrected chi connectivity index (χ2v) is 9.66. The number of ether oxygens (including phenoxy) is 1. The van der Waals surface area contributed by atoms with Crippen molar-refractivity contribution in [3.63, 3.8) is 0 Å². The van der Waals surface area contributed by atoms with Gasteiger partial charge in [0.15, 0.2) is 0 Å². The maximum atomic E-state index is 12.4. The number of anilines is 2. The van der Waals surface area contributed by atoms with Gasteiger partial charge in [-0.1, -0.05) is 30.8 Å². The fourth-order valence-electron chi connectivity index (χ4n) is 4.38. The minimum absolute atomic E-state index is 0.128. The summed E-state index contributed by atoms with van der Waals surface area (Å²) in [5, 5.41) is 10.3. The fraction of sp³-hybridized carbons (Fsp3) is 0.258. The Kier molecular flexibility index (Phi) is 8.78. The molecule has 0 saturated carbocycles. The molecule has 0 saturated heterocycles. The summed E-state index contributed by atoms with van der Waals surface area (Å²) in [4.78, 5) is 32.6. The van der Waals surface area contributed by atoms with Crippen molar-refractivity contribution in [3.05, 3.63) is 78.5 Å². The van der Waals surface area contributed by atoms with E-state index in [4.69, 9.17) is 4.74 Å². The Labute approximate surface area is 228 Å². The third-order valence-electron chi connectivity index (χ3n) is 6.27. The maximum absolute atomic E-state index is 12.4. The van der Waals surface area contributed by atoms with Gasteiger partial charge in [-0.2, -0.15) is 0 Å². The van der Waals surface area contributed by atoms with Gasteiger partial charge in [-0.25, -0.2) is 4.98 Å². The van der Waals surface area contributed by atoms with E-state index in [9.17, 15) is 9.59 Å². The molecule has 4 rings (SSSR count). The Morgan fingerprint density at radius 3 is 2.51 bits per heavy atom. The lowest BCUT2D eigenvalue weighted by atomic mass is 9.96. The van der Waals surface area contributed by atoms with Crippen LogP contribution in [0.2, 0.25) is 0 Å². The third-order valence-corrected chi connectivity index (χ3v) is 6.27. The Balaban J connectivity index is 1.82. The van der Waals surface area contributed by atoms with Gasteiger partial charge in [0.25, 0.3) is 0 Å². The first kappa shape index (κ1) is 27.6. The number of carbonyl (C=O) groups is 2. The van der Waals surface area contributed by atoms with Crippen molar-refractivity contribution in [2.75, 3.05) is 30.8 Å². The summed E-state index contributed by atoms with van der Waals surface area (Å²) >= 11 is 0. The number of aromatic nitrogens is 2. The van der Waals surface area contributed by atoms with Crippen LogP contribution in [0.5, 0.6) is 0 Å². The highest BCUT2D eigenvalue weighted by atomic mass is 16.5. The van der Waals surface area contributed by atoms with E-state index in [1.807, 2.05) is 64.2 Å². The van der Waals surface area contributed by atoms with Gasteiger partial charge in [0, 0.05) is 41.6 Å². The molecule has 39 heavy (non-hydrogen) atoms. The highest BCUT2D eigenvalue weighted by molar-refractivity contribution is 6.04. The number of hydrogen-bond donors (Lipinski definition) is 4. The lowest BCUT2D eigenvalue weighted by molar-refractivity contribution is -0.146. The van der Waals surface area contributed by atoms with Gasteiger partial charge in [0.2, 0.25) is 5.91 Å². The molecule has 0 bridgehead atoms. The minimum atomic E-state index is -0.297. The number of nitrogens with one attached hydrogen (secondary N) is 4. The zero-order valence-corrected chi connectivity index (χ0v) is 22.9. The van der Waals surface area contributed by atoms with Crippen molar-refractivity contribution in [2.45, 2.75) is 33.3 Å². The van der Waals surface area contributed by atoms with Crippen molar-refractivity contribution >= 4 is 34.3 Å². The number of pyridine rings is 1. The van der Waals surface area contributed by atoms with Gasteiger partial charge < -0.3 is 25.7 Å². The maximum Gasteiger partial charge on any atom is 0.310 e. The summed E-state index contributed by atoms with van der Waals surface area (Å²) in [6, 6.07) is 16.2. The Morgan fingerprint density at radius 2 is 1.82 bits per heavy atom. The molecular weight excluding hydrogens is 490 g/mol. The van der Waals surface area contributed by atoms with Gasteiger partial charge in [-0.05, 0) is 80.4 Å². The quantitative estimate of drug-likeness (QED) is 0.118. The highest BCUT2D eigenvalue weighted by Crippen LogP contribution is 2.39. The van der Waals surface area contributed by atoms with Crippen molar-refractivity contribution in [3.8, 4) is 22.4 Å². The Bertz CT molecular complexity index is 1490. The normalized spacial score (nSPS) is 11.0. The number of benzene rings is 2.